The number of fused-ring (bicyclic) bond motifs is 1. The maximum atomic E-state index is 12.1. The van der Waals surface area contributed by atoms with E-state index in [1.165, 1.54) is 16.6 Å². The second-order valence-electron chi connectivity index (χ2n) is 4.81. The van der Waals surface area contributed by atoms with Gasteiger partial charge in [0.05, 0.1) is 18.2 Å². The highest BCUT2D eigenvalue weighted by molar-refractivity contribution is 5.79. The smallest absolute Gasteiger partial charge is 0.408 e. The van der Waals surface area contributed by atoms with Crippen LogP contribution < -0.4 is 5.76 Å². The van der Waals surface area contributed by atoms with E-state index < -0.39 is 11.9 Å². The number of oxazole rings is 1. The molecule has 0 radical (unpaired) electrons. The first-order chi connectivity index (χ1) is 10.0. The van der Waals surface area contributed by atoms with Crippen LogP contribution in [0.15, 0.2) is 33.5 Å². The van der Waals surface area contributed by atoms with Gasteiger partial charge < -0.3 is 19.2 Å². The van der Waals surface area contributed by atoms with Gasteiger partial charge in [0, 0.05) is 20.7 Å². The monoisotopic (exact) mass is 294 g/mol. The molecule has 1 aromatic heterocycles. The summed E-state index contributed by atoms with van der Waals surface area (Å²) in [7, 11) is 3.04. The number of rotatable bonds is 6. The molecule has 0 aliphatic carbocycles. The molecule has 1 amide bonds. The molecule has 21 heavy (non-hydrogen) atoms. The molecule has 0 spiro atoms. The first-order valence-electron chi connectivity index (χ1n) is 6.52. The second-order valence-corrected chi connectivity index (χ2v) is 4.81. The van der Waals surface area contributed by atoms with Crippen molar-refractivity contribution in [2.75, 3.05) is 27.3 Å². The standard InChI is InChI=1S/C14H18N2O5/c1-15(7-10(17)9-20-2)13(18)8-16-11-5-3-4-6-12(11)21-14(16)19/h3-6,10,17H,7-9H2,1-2H3. The van der Waals surface area contributed by atoms with Crippen molar-refractivity contribution in [3.05, 3.63) is 34.8 Å². The summed E-state index contributed by atoms with van der Waals surface area (Å²) < 4.78 is 11.1. The van der Waals surface area contributed by atoms with E-state index >= 15 is 0 Å². The van der Waals surface area contributed by atoms with Gasteiger partial charge in [0.1, 0.15) is 6.54 Å². The van der Waals surface area contributed by atoms with Gasteiger partial charge in [-0.25, -0.2) is 4.79 Å². The summed E-state index contributed by atoms with van der Waals surface area (Å²) in [6.07, 6.45) is -0.762. The van der Waals surface area contributed by atoms with Crippen molar-refractivity contribution in [3.63, 3.8) is 0 Å². The molecular weight excluding hydrogens is 276 g/mol. The lowest BCUT2D eigenvalue weighted by atomic mass is 10.3. The van der Waals surface area contributed by atoms with Gasteiger partial charge in [-0.1, -0.05) is 12.1 Å². The fraction of sp³-hybridized carbons (Fsp3) is 0.429. The van der Waals surface area contributed by atoms with E-state index in [0.29, 0.717) is 11.1 Å². The summed E-state index contributed by atoms with van der Waals surface area (Å²) in [6, 6.07) is 6.91. The molecule has 7 heteroatoms. The van der Waals surface area contributed by atoms with Crippen molar-refractivity contribution in [1.29, 1.82) is 0 Å². The number of hydrogen-bond donors (Lipinski definition) is 1. The molecule has 1 aromatic carbocycles. The first-order valence-corrected chi connectivity index (χ1v) is 6.52. The zero-order valence-electron chi connectivity index (χ0n) is 12.0. The number of aliphatic hydroxyl groups is 1. The SMILES string of the molecule is COCC(O)CN(C)C(=O)Cn1c(=O)oc2ccccc21. The first kappa shape index (κ1) is 15.3. The predicted octanol–water partition coefficient (Wildman–Crippen LogP) is 0.0602. The molecule has 2 rings (SSSR count). The average molecular weight is 294 g/mol. The minimum atomic E-state index is -0.762. The van der Waals surface area contributed by atoms with Crippen LogP contribution in [0.25, 0.3) is 11.1 Å². The second kappa shape index (κ2) is 6.55. The number of nitrogens with zero attached hydrogens (tertiary/aromatic N) is 2. The van der Waals surface area contributed by atoms with Crippen molar-refractivity contribution in [2.45, 2.75) is 12.6 Å². The number of amides is 1. The number of carbonyl (C=O) groups excluding carboxylic acids is 1. The summed E-state index contributed by atoms with van der Waals surface area (Å²) in [4.78, 5) is 25.3. The quantitative estimate of drug-likeness (QED) is 0.814. The van der Waals surface area contributed by atoms with Crippen LogP contribution in [0.1, 0.15) is 0 Å². The molecule has 0 aliphatic heterocycles. The molecule has 114 valence electrons. The molecule has 0 bridgehead atoms. The van der Waals surface area contributed by atoms with Crippen LogP contribution in [0.5, 0.6) is 0 Å². The van der Waals surface area contributed by atoms with Crippen molar-refractivity contribution >= 4 is 17.0 Å². The van der Waals surface area contributed by atoms with E-state index in [1.807, 2.05) is 0 Å². The van der Waals surface area contributed by atoms with Crippen molar-refractivity contribution in [3.8, 4) is 0 Å². The van der Waals surface area contributed by atoms with Gasteiger partial charge in [-0.2, -0.15) is 0 Å². The van der Waals surface area contributed by atoms with E-state index in [2.05, 4.69) is 0 Å². The van der Waals surface area contributed by atoms with Crippen LogP contribution in [0, 0.1) is 0 Å². The number of ether oxygens (including phenoxy) is 1. The number of likely N-dealkylation sites (N-methyl/N-ethyl adjacent to an activating group) is 1. The molecule has 0 saturated carbocycles. The van der Waals surface area contributed by atoms with E-state index in [4.69, 9.17) is 9.15 Å². The zero-order valence-corrected chi connectivity index (χ0v) is 12.0. The van der Waals surface area contributed by atoms with Crippen molar-refractivity contribution in [1.82, 2.24) is 9.47 Å². The van der Waals surface area contributed by atoms with E-state index in [-0.39, 0.29) is 25.6 Å². The minimum absolute atomic E-state index is 0.133. The Bertz CT molecular complexity index is 675. The predicted molar refractivity (Wildman–Crippen MR) is 76.0 cm³/mol. The maximum Gasteiger partial charge on any atom is 0.420 e. The fourth-order valence-electron chi connectivity index (χ4n) is 2.08. The number of aromatic nitrogens is 1. The third-order valence-electron chi connectivity index (χ3n) is 3.14. The molecule has 7 nitrogen and oxygen atoms in total. The number of carbonyl (C=O) groups is 1. The maximum absolute atomic E-state index is 12.1. The Labute approximate surface area is 121 Å². The Morgan fingerprint density at radius 3 is 2.90 bits per heavy atom. The molecule has 2 aromatic rings. The number of para-hydroxylation sites is 2. The summed E-state index contributed by atoms with van der Waals surface area (Å²) in [6.45, 7) is 0.148. The number of aliphatic hydroxyl groups excluding tert-OH is 1. The largest absolute Gasteiger partial charge is 0.420 e. The van der Waals surface area contributed by atoms with E-state index in [1.54, 1.807) is 31.3 Å². The van der Waals surface area contributed by atoms with Crippen LogP contribution in [-0.2, 0) is 16.1 Å². The topological polar surface area (TPSA) is 84.9 Å². The molecule has 0 fully saturated rings. The molecule has 0 aliphatic rings. The van der Waals surface area contributed by atoms with Crippen LogP contribution in [0.3, 0.4) is 0 Å². The lowest BCUT2D eigenvalue weighted by Gasteiger charge is -2.20. The van der Waals surface area contributed by atoms with Gasteiger partial charge in [-0.05, 0) is 12.1 Å². The number of benzene rings is 1. The molecule has 1 heterocycles. The molecular formula is C14H18N2O5. The summed E-state index contributed by atoms with van der Waals surface area (Å²) >= 11 is 0. The highest BCUT2D eigenvalue weighted by Gasteiger charge is 2.17. The number of hydrogen-bond acceptors (Lipinski definition) is 5. The van der Waals surface area contributed by atoms with Gasteiger partial charge in [0.25, 0.3) is 0 Å². The highest BCUT2D eigenvalue weighted by Crippen LogP contribution is 2.11. The van der Waals surface area contributed by atoms with Crippen LogP contribution in [0.4, 0.5) is 0 Å². The average Bonchev–Trinajstić information content (AvgIpc) is 2.75. The molecule has 1 N–H and O–H groups in total. The third kappa shape index (κ3) is 3.50. The highest BCUT2D eigenvalue weighted by atomic mass is 16.5. The van der Waals surface area contributed by atoms with Gasteiger partial charge in [0.2, 0.25) is 5.91 Å². The minimum Gasteiger partial charge on any atom is -0.408 e. The van der Waals surface area contributed by atoms with Gasteiger partial charge >= 0.3 is 5.76 Å². The lowest BCUT2D eigenvalue weighted by molar-refractivity contribution is -0.132. The van der Waals surface area contributed by atoms with Crippen molar-refractivity contribution < 1.29 is 19.1 Å². The summed E-state index contributed by atoms with van der Waals surface area (Å²) in [5, 5.41) is 9.61. The summed E-state index contributed by atoms with van der Waals surface area (Å²) in [5.41, 5.74) is 1.01. The normalized spacial score (nSPS) is 12.5. The zero-order chi connectivity index (χ0) is 15.4. The van der Waals surface area contributed by atoms with Crippen LogP contribution in [0.2, 0.25) is 0 Å². The number of methoxy groups -OCH3 is 1. The van der Waals surface area contributed by atoms with E-state index in [0.717, 1.165) is 0 Å². The van der Waals surface area contributed by atoms with Crippen LogP contribution in [-0.4, -0.2) is 53.9 Å². The molecule has 0 saturated heterocycles. The Kier molecular flexibility index (Phi) is 4.77. The summed E-state index contributed by atoms with van der Waals surface area (Å²) in [5.74, 6) is -0.866. The van der Waals surface area contributed by atoms with Gasteiger partial charge in [0.15, 0.2) is 5.58 Å². The lowest BCUT2D eigenvalue weighted by Crippen LogP contribution is -2.39. The fourth-order valence-corrected chi connectivity index (χ4v) is 2.08. The van der Waals surface area contributed by atoms with Crippen LogP contribution >= 0.6 is 0 Å². The Balaban J connectivity index is 2.11. The van der Waals surface area contributed by atoms with Gasteiger partial charge in [-0.15, -0.1) is 0 Å². The van der Waals surface area contributed by atoms with Gasteiger partial charge in [-0.3, -0.25) is 9.36 Å². The Hall–Kier alpha value is -2.12. The third-order valence-corrected chi connectivity index (χ3v) is 3.14. The Morgan fingerprint density at radius 1 is 1.48 bits per heavy atom. The van der Waals surface area contributed by atoms with Crippen molar-refractivity contribution in [2.24, 2.45) is 0 Å². The Morgan fingerprint density at radius 2 is 2.19 bits per heavy atom. The molecule has 1 unspecified atom stereocenters. The van der Waals surface area contributed by atoms with E-state index in [9.17, 15) is 14.7 Å². The molecule has 1 atom stereocenters.